The summed E-state index contributed by atoms with van der Waals surface area (Å²) in [6.45, 7) is 7.19. The normalized spacial score (nSPS) is 12.9. The number of hydrogen-bond acceptors (Lipinski definition) is 5. The van der Waals surface area contributed by atoms with Gasteiger partial charge in [-0.05, 0) is 31.3 Å². The third-order valence-electron chi connectivity index (χ3n) is 3.46. The predicted octanol–water partition coefficient (Wildman–Crippen LogP) is 5.26. The SMILES string of the molecule is C=CCn1c(O)c(C=C=C2Sc3ccccc3N2CC)sc1=S. The van der Waals surface area contributed by atoms with Crippen molar-refractivity contribution in [2.24, 2.45) is 0 Å². The van der Waals surface area contributed by atoms with Crippen LogP contribution >= 0.6 is 35.3 Å². The molecule has 1 aromatic heterocycles. The first-order valence-corrected chi connectivity index (χ1v) is 9.24. The number of anilines is 1. The van der Waals surface area contributed by atoms with Gasteiger partial charge in [0.05, 0.1) is 10.6 Å². The molecule has 3 rings (SSSR count). The molecular weight excluding hydrogens is 344 g/mol. The van der Waals surface area contributed by atoms with Crippen LogP contribution in [0.3, 0.4) is 0 Å². The Morgan fingerprint density at radius 3 is 2.91 bits per heavy atom. The van der Waals surface area contributed by atoms with Crippen LogP contribution in [-0.2, 0) is 6.54 Å². The minimum absolute atomic E-state index is 0.177. The Hall–Kier alpha value is -1.72. The average Bonchev–Trinajstić information content (AvgIpc) is 3.04. The monoisotopic (exact) mass is 360 g/mol. The Labute approximate surface area is 148 Å². The highest BCUT2D eigenvalue weighted by molar-refractivity contribution is 8.03. The zero-order valence-electron chi connectivity index (χ0n) is 12.7. The van der Waals surface area contributed by atoms with Crippen LogP contribution in [0, 0.1) is 3.95 Å². The Morgan fingerprint density at radius 1 is 1.39 bits per heavy atom. The first-order valence-electron chi connectivity index (χ1n) is 7.20. The molecule has 0 saturated carbocycles. The van der Waals surface area contributed by atoms with Crippen molar-refractivity contribution in [2.45, 2.75) is 18.4 Å². The molecule has 1 aromatic carbocycles. The number of allylic oxidation sites excluding steroid dienone is 1. The second-order valence-corrected chi connectivity index (χ2v) is 7.57. The average molecular weight is 361 g/mol. The van der Waals surface area contributed by atoms with E-state index in [2.05, 4.69) is 36.3 Å². The molecule has 1 N–H and O–H groups in total. The number of rotatable bonds is 4. The molecule has 118 valence electrons. The van der Waals surface area contributed by atoms with Crippen molar-refractivity contribution in [1.82, 2.24) is 4.57 Å². The van der Waals surface area contributed by atoms with E-state index in [9.17, 15) is 5.11 Å². The maximum atomic E-state index is 10.3. The van der Waals surface area contributed by atoms with Gasteiger partial charge in [0.1, 0.15) is 5.03 Å². The number of aromatic nitrogens is 1. The summed E-state index contributed by atoms with van der Waals surface area (Å²) < 4.78 is 2.30. The molecule has 0 fully saturated rings. The number of hydrogen-bond donors (Lipinski definition) is 1. The van der Waals surface area contributed by atoms with Crippen LogP contribution in [0.4, 0.5) is 5.69 Å². The van der Waals surface area contributed by atoms with Gasteiger partial charge < -0.3 is 10.0 Å². The summed E-state index contributed by atoms with van der Waals surface area (Å²) in [6.07, 6.45) is 3.53. The van der Waals surface area contributed by atoms with Gasteiger partial charge in [0, 0.05) is 24.1 Å². The summed E-state index contributed by atoms with van der Waals surface area (Å²) in [4.78, 5) is 4.16. The molecule has 0 bridgehead atoms. The molecular formula is C17H16N2OS3. The molecule has 0 amide bonds. The van der Waals surface area contributed by atoms with E-state index < -0.39 is 0 Å². The minimum Gasteiger partial charge on any atom is -0.493 e. The van der Waals surface area contributed by atoms with E-state index in [4.69, 9.17) is 12.2 Å². The highest BCUT2D eigenvalue weighted by atomic mass is 32.2. The van der Waals surface area contributed by atoms with Crippen LogP contribution in [0.2, 0.25) is 0 Å². The van der Waals surface area contributed by atoms with Crippen molar-refractivity contribution in [3.05, 3.63) is 56.5 Å². The van der Waals surface area contributed by atoms with Gasteiger partial charge in [-0.2, -0.15) is 0 Å². The van der Waals surface area contributed by atoms with E-state index in [0.717, 1.165) is 16.5 Å². The lowest BCUT2D eigenvalue weighted by Gasteiger charge is -2.15. The summed E-state index contributed by atoms with van der Waals surface area (Å²) in [6, 6.07) is 8.31. The predicted molar refractivity (Wildman–Crippen MR) is 102 cm³/mol. The lowest BCUT2D eigenvalue weighted by atomic mass is 10.3. The first-order chi connectivity index (χ1) is 11.2. The van der Waals surface area contributed by atoms with Gasteiger partial charge in [0.15, 0.2) is 3.95 Å². The van der Waals surface area contributed by atoms with Crippen LogP contribution in [0.1, 0.15) is 11.8 Å². The van der Waals surface area contributed by atoms with E-state index in [1.807, 2.05) is 18.2 Å². The molecule has 0 saturated heterocycles. The fourth-order valence-corrected chi connectivity index (χ4v) is 4.68. The van der Waals surface area contributed by atoms with Crippen molar-refractivity contribution in [3.63, 3.8) is 0 Å². The van der Waals surface area contributed by atoms with Crippen molar-refractivity contribution < 1.29 is 5.11 Å². The van der Waals surface area contributed by atoms with Crippen molar-refractivity contribution in [1.29, 1.82) is 0 Å². The smallest absolute Gasteiger partial charge is 0.211 e. The number of fused-ring (bicyclic) bond motifs is 1. The molecule has 1 aliphatic rings. The molecule has 2 aromatic rings. The molecule has 3 nitrogen and oxygen atoms in total. The Balaban J connectivity index is 1.99. The topological polar surface area (TPSA) is 28.4 Å². The number of aromatic hydroxyl groups is 1. The Kier molecular flexibility index (Phi) is 4.78. The van der Waals surface area contributed by atoms with Crippen molar-refractivity contribution in [2.75, 3.05) is 11.4 Å². The molecule has 23 heavy (non-hydrogen) atoms. The fourth-order valence-electron chi connectivity index (χ4n) is 2.38. The molecule has 0 spiro atoms. The van der Waals surface area contributed by atoms with E-state index >= 15 is 0 Å². The molecule has 0 aliphatic carbocycles. The summed E-state index contributed by atoms with van der Waals surface area (Å²) >= 11 is 8.35. The lowest BCUT2D eigenvalue weighted by molar-refractivity contribution is 0.424. The number of para-hydroxylation sites is 1. The highest BCUT2D eigenvalue weighted by Gasteiger charge is 2.22. The zero-order chi connectivity index (χ0) is 16.4. The summed E-state index contributed by atoms with van der Waals surface area (Å²) in [7, 11) is 0. The van der Waals surface area contributed by atoms with Gasteiger partial charge in [-0.25, -0.2) is 0 Å². The number of nitrogens with zero attached hydrogens (tertiary/aromatic N) is 2. The summed E-state index contributed by atoms with van der Waals surface area (Å²) in [5, 5.41) is 11.3. The van der Waals surface area contributed by atoms with Crippen molar-refractivity contribution >= 4 is 47.1 Å². The van der Waals surface area contributed by atoms with E-state index in [0.29, 0.717) is 10.5 Å². The van der Waals surface area contributed by atoms with Crippen LogP contribution in [-0.4, -0.2) is 16.2 Å². The van der Waals surface area contributed by atoms with Gasteiger partial charge >= 0.3 is 0 Å². The third-order valence-corrected chi connectivity index (χ3v) is 5.94. The lowest BCUT2D eigenvalue weighted by Crippen LogP contribution is -2.15. The highest BCUT2D eigenvalue weighted by Crippen LogP contribution is 2.45. The number of thioether (sulfide) groups is 1. The van der Waals surface area contributed by atoms with Gasteiger partial charge in [-0.15, -0.1) is 17.9 Å². The van der Waals surface area contributed by atoms with Gasteiger partial charge in [-0.1, -0.05) is 35.7 Å². The summed E-state index contributed by atoms with van der Waals surface area (Å²) in [5.74, 6) is 0.177. The van der Waals surface area contributed by atoms with Crippen molar-refractivity contribution in [3.8, 4) is 5.88 Å². The largest absolute Gasteiger partial charge is 0.493 e. The fraction of sp³-hybridized carbons (Fsp3) is 0.176. The minimum atomic E-state index is 0.177. The maximum Gasteiger partial charge on any atom is 0.211 e. The maximum absolute atomic E-state index is 10.3. The van der Waals surface area contributed by atoms with Crippen LogP contribution in [0.15, 0.2) is 52.6 Å². The molecule has 6 heteroatoms. The van der Waals surface area contributed by atoms with Crippen LogP contribution in [0.25, 0.3) is 6.08 Å². The van der Waals surface area contributed by atoms with Gasteiger partial charge in [0.2, 0.25) is 5.88 Å². The van der Waals surface area contributed by atoms with E-state index in [1.54, 1.807) is 22.4 Å². The molecule has 1 aliphatic heterocycles. The Morgan fingerprint density at radius 2 is 2.17 bits per heavy atom. The standard InChI is InChI=1S/C17H16N2OS3/c1-3-11-19-16(20)14(23-17(19)21)9-10-15-18(4-2)12-7-5-6-8-13(12)22-15/h3,5-9,20H,1,4,11H2,2H3. The zero-order valence-corrected chi connectivity index (χ0v) is 15.1. The first kappa shape index (κ1) is 16.1. The number of benzene rings is 1. The van der Waals surface area contributed by atoms with Crippen LogP contribution in [0.5, 0.6) is 5.88 Å². The molecule has 0 radical (unpaired) electrons. The summed E-state index contributed by atoms with van der Waals surface area (Å²) in [5.41, 5.74) is 4.52. The molecule has 0 unspecified atom stereocenters. The second-order valence-electron chi connectivity index (χ2n) is 4.86. The molecule has 2 heterocycles. The molecule has 0 atom stereocenters. The van der Waals surface area contributed by atoms with Gasteiger partial charge in [-0.3, -0.25) is 4.57 Å². The van der Waals surface area contributed by atoms with E-state index in [-0.39, 0.29) is 5.88 Å². The number of thiazole rings is 1. The van der Waals surface area contributed by atoms with Gasteiger partial charge in [0.25, 0.3) is 0 Å². The Bertz CT molecular complexity index is 872. The third kappa shape index (κ3) is 3.03. The second kappa shape index (κ2) is 6.81. The van der Waals surface area contributed by atoms with E-state index in [1.165, 1.54) is 21.9 Å². The van der Waals surface area contributed by atoms with Crippen LogP contribution < -0.4 is 4.90 Å². The quantitative estimate of drug-likeness (QED) is 0.457.